The van der Waals surface area contributed by atoms with Crippen molar-refractivity contribution in [3.63, 3.8) is 0 Å². The lowest BCUT2D eigenvalue weighted by atomic mass is 10.1. The summed E-state index contributed by atoms with van der Waals surface area (Å²) >= 11 is 0. The molecule has 132 valence electrons. The Kier molecular flexibility index (Phi) is 5.03. The highest BCUT2D eigenvalue weighted by molar-refractivity contribution is 5.98. The number of nitrogens with zero attached hydrogens (tertiary/aromatic N) is 1. The third-order valence-corrected chi connectivity index (χ3v) is 4.66. The van der Waals surface area contributed by atoms with Gasteiger partial charge in [-0.1, -0.05) is 30.3 Å². The molecule has 3 aromatic carbocycles. The maximum absolute atomic E-state index is 12.6. The molecule has 4 nitrogen and oxygen atoms in total. The molecule has 0 aliphatic heterocycles. The van der Waals surface area contributed by atoms with Crippen LogP contribution in [0.2, 0.25) is 0 Å². The first-order valence-corrected chi connectivity index (χ1v) is 8.59. The SMILES string of the molecule is CC(=O)c1ccc(NC(=O)C(C)N(C)c2ccc3ccccc3c2)cc1. The van der Waals surface area contributed by atoms with Crippen LogP contribution in [0.25, 0.3) is 10.8 Å². The average molecular weight is 346 g/mol. The molecule has 3 rings (SSSR count). The van der Waals surface area contributed by atoms with E-state index in [1.165, 1.54) is 12.3 Å². The molecular formula is C22H22N2O2. The summed E-state index contributed by atoms with van der Waals surface area (Å²) in [5.41, 5.74) is 2.29. The molecule has 0 saturated carbocycles. The van der Waals surface area contributed by atoms with E-state index in [1.54, 1.807) is 24.3 Å². The molecule has 1 atom stereocenters. The zero-order chi connectivity index (χ0) is 18.7. The third kappa shape index (κ3) is 3.75. The van der Waals surface area contributed by atoms with Crippen LogP contribution in [0.4, 0.5) is 11.4 Å². The van der Waals surface area contributed by atoms with Gasteiger partial charge in [0.15, 0.2) is 5.78 Å². The minimum absolute atomic E-state index is 0.00674. The standard InChI is InChI=1S/C22H22N2O2/c1-15(22(26)23-20-11-8-17(9-12-20)16(2)25)24(3)21-13-10-18-6-4-5-7-19(18)14-21/h4-15H,1-3H3,(H,23,26). The van der Waals surface area contributed by atoms with Crippen molar-refractivity contribution < 1.29 is 9.59 Å². The number of benzene rings is 3. The molecule has 0 bridgehead atoms. The minimum atomic E-state index is -0.344. The second kappa shape index (κ2) is 7.40. The number of carbonyl (C=O) groups excluding carboxylic acids is 2. The van der Waals surface area contributed by atoms with E-state index in [1.807, 2.05) is 37.1 Å². The van der Waals surface area contributed by atoms with Crippen molar-refractivity contribution in [1.82, 2.24) is 0 Å². The van der Waals surface area contributed by atoms with Crippen LogP contribution in [-0.2, 0) is 4.79 Å². The molecule has 0 aliphatic carbocycles. The summed E-state index contributed by atoms with van der Waals surface area (Å²) in [6.45, 7) is 3.39. The number of Topliss-reactive ketones (excluding diaryl/α,β-unsaturated/α-hetero) is 1. The van der Waals surface area contributed by atoms with Gasteiger partial charge in [0.25, 0.3) is 0 Å². The van der Waals surface area contributed by atoms with Crippen LogP contribution in [0.15, 0.2) is 66.7 Å². The highest BCUT2D eigenvalue weighted by Gasteiger charge is 2.19. The van der Waals surface area contributed by atoms with Crippen LogP contribution < -0.4 is 10.2 Å². The van der Waals surface area contributed by atoms with Crippen LogP contribution in [0, 0.1) is 0 Å². The zero-order valence-electron chi connectivity index (χ0n) is 15.2. The first-order chi connectivity index (χ1) is 12.5. The van der Waals surface area contributed by atoms with Gasteiger partial charge in [-0.3, -0.25) is 9.59 Å². The van der Waals surface area contributed by atoms with E-state index < -0.39 is 0 Å². The highest BCUT2D eigenvalue weighted by atomic mass is 16.2. The Morgan fingerprint density at radius 3 is 2.23 bits per heavy atom. The normalized spacial score (nSPS) is 11.8. The topological polar surface area (TPSA) is 49.4 Å². The maximum Gasteiger partial charge on any atom is 0.246 e. The molecular weight excluding hydrogens is 324 g/mol. The minimum Gasteiger partial charge on any atom is -0.363 e. The smallest absolute Gasteiger partial charge is 0.246 e. The Hall–Kier alpha value is -3.14. The number of ketones is 1. The van der Waals surface area contributed by atoms with E-state index in [0.717, 1.165) is 11.1 Å². The van der Waals surface area contributed by atoms with Crippen LogP contribution >= 0.6 is 0 Å². The summed E-state index contributed by atoms with van der Waals surface area (Å²) in [4.78, 5) is 25.9. The third-order valence-electron chi connectivity index (χ3n) is 4.66. The lowest BCUT2D eigenvalue weighted by Gasteiger charge is -2.26. The molecule has 0 fully saturated rings. The van der Waals surface area contributed by atoms with Gasteiger partial charge in [0.05, 0.1) is 0 Å². The Labute approximate surface area is 153 Å². The molecule has 0 spiro atoms. The van der Waals surface area contributed by atoms with Crippen molar-refractivity contribution in [1.29, 1.82) is 0 Å². The average Bonchev–Trinajstić information content (AvgIpc) is 2.66. The second-order valence-electron chi connectivity index (χ2n) is 6.44. The first-order valence-electron chi connectivity index (χ1n) is 8.59. The van der Waals surface area contributed by atoms with Crippen LogP contribution in [0.3, 0.4) is 0 Å². The zero-order valence-corrected chi connectivity index (χ0v) is 15.2. The summed E-state index contributed by atoms with van der Waals surface area (Å²) in [6.07, 6.45) is 0. The van der Waals surface area contributed by atoms with Gasteiger partial charge in [0.2, 0.25) is 5.91 Å². The fourth-order valence-electron chi connectivity index (χ4n) is 2.83. The summed E-state index contributed by atoms with van der Waals surface area (Å²) in [5.74, 6) is -0.0940. The lowest BCUT2D eigenvalue weighted by Crippen LogP contribution is -2.39. The molecule has 0 saturated heterocycles. The summed E-state index contributed by atoms with van der Waals surface area (Å²) < 4.78 is 0. The van der Waals surface area contributed by atoms with Crippen molar-refractivity contribution >= 4 is 33.8 Å². The Morgan fingerprint density at radius 2 is 1.58 bits per heavy atom. The second-order valence-corrected chi connectivity index (χ2v) is 6.44. The van der Waals surface area contributed by atoms with E-state index in [4.69, 9.17) is 0 Å². The van der Waals surface area contributed by atoms with Crippen molar-refractivity contribution in [3.05, 3.63) is 72.3 Å². The molecule has 0 aliphatic rings. The molecule has 1 amide bonds. The van der Waals surface area contributed by atoms with Crippen molar-refractivity contribution in [2.75, 3.05) is 17.3 Å². The van der Waals surface area contributed by atoms with Gasteiger partial charge in [0.1, 0.15) is 6.04 Å². The summed E-state index contributed by atoms with van der Waals surface area (Å²) in [7, 11) is 1.91. The number of carbonyl (C=O) groups is 2. The number of amides is 1. The van der Waals surface area contributed by atoms with Crippen LogP contribution in [0.5, 0.6) is 0 Å². The van der Waals surface area contributed by atoms with Crippen molar-refractivity contribution in [2.45, 2.75) is 19.9 Å². The summed E-state index contributed by atoms with van der Waals surface area (Å²) in [6, 6.07) is 20.9. The molecule has 1 unspecified atom stereocenters. The number of likely N-dealkylation sites (N-methyl/N-ethyl adjacent to an activating group) is 1. The molecule has 4 heteroatoms. The van der Waals surface area contributed by atoms with E-state index in [-0.39, 0.29) is 17.7 Å². The van der Waals surface area contributed by atoms with Crippen molar-refractivity contribution in [3.8, 4) is 0 Å². The number of hydrogen-bond acceptors (Lipinski definition) is 3. The van der Waals surface area contributed by atoms with E-state index in [0.29, 0.717) is 11.3 Å². The predicted octanol–water partition coefficient (Wildman–Crippen LogP) is 4.51. The quantitative estimate of drug-likeness (QED) is 0.692. The summed E-state index contributed by atoms with van der Waals surface area (Å²) in [5, 5.41) is 5.22. The van der Waals surface area contributed by atoms with Gasteiger partial charge < -0.3 is 10.2 Å². The predicted molar refractivity (Wildman–Crippen MR) is 107 cm³/mol. The Morgan fingerprint density at radius 1 is 0.923 bits per heavy atom. The fraction of sp³-hybridized carbons (Fsp3) is 0.182. The number of fused-ring (bicyclic) bond motifs is 1. The van der Waals surface area contributed by atoms with Gasteiger partial charge in [0, 0.05) is 24.0 Å². The van der Waals surface area contributed by atoms with Crippen molar-refractivity contribution in [2.24, 2.45) is 0 Å². The van der Waals surface area contributed by atoms with Gasteiger partial charge in [-0.25, -0.2) is 0 Å². The van der Waals surface area contributed by atoms with E-state index in [2.05, 4.69) is 29.6 Å². The fourth-order valence-corrected chi connectivity index (χ4v) is 2.83. The molecule has 26 heavy (non-hydrogen) atoms. The largest absolute Gasteiger partial charge is 0.363 e. The molecule has 0 radical (unpaired) electrons. The molecule has 0 heterocycles. The molecule has 1 N–H and O–H groups in total. The number of nitrogens with one attached hydrogen (secondary N) is 1. The van der Waals surface area contributed by atoms with Crippen LogP contribution in [0.1, 0.15) is 24.2 Å². The van der Waals surface area contributed by atoms with E-state index in [9.17, 15) is 9.59 Å². The van der Waals surface area contributed by atoms with Crippen LogP contribution in [-0.4, -0.2) is 24.8 Å². The highest BCUT2D eigenvalue weighted by Crippen LogP contribution is 2.23. The monoisotopic (exact) mass is 346 g/mol. The maximum atomic E-state index is 12.6. The van der Waals surface area contributed by atoms with Gasteiger partial charge in [-0.2, -0.15) is 0 Å². The lowest BCUT2D eigenvalue weighted by molar-refractivity contribution is -0.117. The Balaban J connectivity index is 1.72. The Bertz CT molecular complexity index is 948. The van der Waals surface area contributed by atoms with Gasteiger partial charge in [-0.15, -0.1) is 0 Å². The van der Waals surface area contributed by atoms with Gasteiger partial charge in [-0.05, 0) is 61.0 Å². The first kappa shape index (κ1) is 17.7. The number of rotatable bonds is 5. The molecule has 3 aromatic rings. The number of anilines is 2. The van der Waals surface area contributed by atoms with Gasteiger partial charge >= 0.3 is 0 Å². The van der Waals surface area contributed by atoms with E-state index >= 15 is 0 Å². The number of hydrogen-bond donors (Lipinski definition) is 1. The molecule has 0 aromatic heterocycles.